The fourth-order valence-corrected chi connectivity index (χ4v) is 2.97. The van der Waals surface area contributed by atoms with E-state index < -0.39 is 0 Å². The third kappa shape index (κ3) is 3.31. The number of aliphatic hydroxyl groups is 1. The van der Waals surface area contributed by atoms with Gasteiger partial charge in [0.25, 0.3) is 0 Å². The van der Waals surface area contributed by atoms with Crippen molar-refractivity contribution in [1.29, 1.82) is 0 Å². The molecule has 0 bridgehead atoms. The molecular formula is C16H22N4O. The van der Waals surface area contributed by atoms with Crippen LogP contribution in [0.4, 0.5) is 0 Å². The molecule has 0 radical (unpaired) electrons. The summed E-state index contributed by atoms with van der Waals surface area (Å²) in [7, 11) is 1.96. The fraction of sp³-hybridized carbons (Fsp3) is 0.500. The third-order valence-corrected chi connectivity index (χ3v) is 4.22. The molecule has 1 aliphatic rings. The molecule has 1 N–H and O–H groups in total. The second kappa shape index (κ2) is 6.37. The van der Waals surface area contributed by atoms with Crippen LogP contribution in [0.5, 0.6) is 0 Å². The number of aryl methyl sites for hydroxylation is 1. The summed E-state index contributed by atoms with van der Waals surface area (Å²) in [6.45, 7) is 3.35. The van der Waals surface area contributed by atoms with Gasteiger partial charge < -0.3 is 5.11 Å². The molecule has 0 aliphatic carbocycles. The molecule has 21 heavy (non-hydrogen) atoms. The number of piperidine rings is 1. The van der Waals surface area contributed by atoms with Crippen LogP contribution in [0.15, 0.2) is 30.7 Å². The van der Waals surface area contributed by atoms with Gasteiger partial charge in [-0.15, -0.1) is 0 Å². The van der Waals surface area contributed by atoms with E-state index in [0.29, 0.717) is 12.5 Å². The maximum Gasteiger partial charge on any atom is 0.0969 e. The summed E-state index contributed by atoms with van der Waals surface area (Å²) in [5.74, 6) is 0.481. The van der Waals surface area contributed by atoms with Crippen LogP contribution in [-0.4, -0.2) is 44.5 Å². The van der Waals surface area contributed by atoms with Crippen molar-refractivity contribution in [3.63, 3.8) is 0 Å². The van der Waals surface area contributed by atoms with Gasteiger partial charge >= 0.3 is 0 Å². The first-order valence-corrected chi connectivity index (χ1v) is 7.52. The summed E-state index contributed by atoms with van der Waals surface area (Å²) < 4.78 is 1.88. The molecule has 0 amide bonds. The SMILES string of the molecule is Cn1cc(CN2CCC(CO)CC2)c(-c2ccncc2)n1. The Kier molecular flexibility index (Phi) is 4.31. The summed E-state index contributed by atoms with van der Waals surface area (Å²) in [5, 5.41) is 13.8. The van der Waals surface area contributed by atoms with E-state index in [4.69, 9.17) is 0 Å². The number of likely N-dealkylation sites (tertiary alicyclic amines) is 1. The van der Waals surface area contributed by atoms with Crippen molar-refractivity contribution in [3.8, 4) is 11.3 Å². The molecule has 1 saturated heterocycles. The van der Waals surface area contributed by atoms with E-state index >= 15 is 0 Å². The van der Waals surface area contributed by atoms with Gasteiger partial charge in [-0.1, -0.05) is 0 Å². The first kappa shape index (κ1) is 14.2. The molecule has 0 spiro atoms. The van der Waals surface area contributed by atoms with Crippen molar-refractivity contribution in [2.45, 2.75) is 19.4 Å². The van der Waals surface area contributed by atoms with Gasteiger partial charge in [0.1, 0.15) is 0 Å². The number of nitrogens with zero attached hydrogens (tertiary/aromatic N) is 4. The van der Waals surface area contributed by atoms with E-state index in [1.807, 2.05) is 23.9 Å². The van der Waals surface area contributed by atoms with Crippen LogP contribution in [0.2, 0.25) is 0 Å². The highest BCUT2D eigenvalue weighted by atomic mass is 16.3. The maximum absolute atomic E-state index is 9.23. The lowest BCUT2D eigenvalue weighted by atomic mass is 9.97. The Morgan fingerprint density at radius 1 is 1.24 bits per heavy atom. The smallest absolute Gasteiger partial charge is 0.0969 e. The Hall–Kier alpha value is -1.72. The van der Waals surface area contributed by atoms with E-state index in [1.165, 1.54) is 5.56 Å². The first-order valence-electron chi connectivity index (χ1n) is 7.52. The lowest BCUT2D eigenvalue weighted by Crippen LogP contribution is -2.34. The zero-order valence-electron chi connectivity index (χ0n) is 12.4. The molecule has 0 atom stereocenters. The van der Waals surface area contributed by atoms with Gasteiger partial charge in [0.15, 0.2) is 0 Å². The Labute approximate surface area is 125 Å². The first-order chi connectivity index (χ1) is 10.3. The number of aromatic nitrogens is 3. The highest BCUT2D eigenvalue weighted by Crippen LogP contribution is 2.24. The van der Waals surface area contributed by atoms with E-state index in [0.717, 1.165) is 43.7 Å². The summed E-state index contributed by atoms with van der Waals surface area (Å²) in [6.07, 6.45) is 7.89. The predicted molar refractivity (Wildman–Crippen MR) is 81.5 cm³/mol. The quantitative estimate of drug-likeness (QED) is 0.929. The van der Waals surface area contributed by atoms with Crippen LogP contribution in [0.3, 0.4) is 0 Å². The highest BCUT2D eigenvalue weighted by Gasteiger charge is 2.20. The van der Waals surface area contributed by atoms with Crippen LogP contribution >= 0.6 is 0 Å². The Balaban J connectivity index is 1.74. The van der Waals surface area contributed by atoms with E-state index in [-0.39, 0.29) is 0 Å². The molecule has 1 fully saturated rings. The van der Waals surface area contributed by atoms with Crippen LogP contribution in [0, 0.1) is 5.92 Å². The molecule has 3 rings (SSSR count). The Morgan fingerprint density at radius 3 is 2.62 bits per heavy atom. The molecular weight excluding hydrogens is 264 g/mol. The highest BCUT2D eigenvalue weighted by molar-refractivity contribution is 5.61. The molecule has 5 nitrogen and oxygen atoms in total. The molecule has 0 unspecified atom stereocenters. The van der Waals surface area contributed by atoms with Gasteiger partial charge in [-0.25, -0.2) is 0 Å². The number of aliphatic hydroxyl groups excluding tert-OH is 1. The van der Waals surface area contributed by atoms with Crippen LogP contribution in [0.1, 0.15) is 18.4 Å². The summed E-state index contributed by atoms with van der Waals surface area (Å²) in [6, 6.07) is 4.01. The van der Waals surface area contributed by atoms with Crippen molar-refractivity contribution in [1.82, 2.24) is 19.7 Å². The minimum atomic E-state index is 0.322. The van der Waals surface area contributed by atoms with Crippen LogP contribution in [-0.2, 0) is 13.6 Å². The second-order valence-corrected chi connectivity index (χ2v) is 5.81. The number of rotatable bonds is 4. The summed E-state index contributed by atoms with van der Waals surface area (Å²) >= 11 is 0. The number of pyridine rings is 1. The number of hydrogen-bond donors (Lipinski definition) is 1. The van der Waals surface area contributed by atoms with Gasteiger partial charge in [0.2, 0.25) is 0 Å². The summed E-state index contributed by atoms with van der Waals surface area (Å²) in [4.78, 5) is 6.52. The van der Waals surface area contributed by atoms with Gasteiger partial charge in [-0.05, 0) is 44.0 Å². The lowest BCUT2D eigenvalue weighted by molar-refractivity contribution is 0.127. The molecule has 1 aliphatic heterocycles. The van der Waals surface area contributed by atoms with E-state index in [2.05, 4.69) is 21.2 Å². The summed E-state index contributed by atoms with van der Waals surface area (Å²) in [5.41, 5.74) is 3.42. The number of hydrogen-bond acceptors (Lipinski definition) is 4. The zero-order chi connectivity index (χ0) is 14.7. The van der Waals surface area contributed by atoms with Crippen molar-refractivity contribution in [2.24, 2.45) is 13.0 Å². The van der Waals surface area contributed by atoms with Crippen molar-refractivity contribution in [3.05, 3.63) is 36.3 Å². The van der Waals surface area contributed by atoms with E-state index in [1.54, 1.807) is 12.4 Å². The Morgan fingerprint density at radius 2 is 1.95 bits per heavy atom. The topological polar surface area (TPSA) is 54.2 Å². The molecule has 2 aromatic rings. The zero-order valence-corrected chi connectivity index (χ0v) is 12.4. The Bertz CT molecular complexity index is 573. The monoisotopic (exact) mass is 286 g/mol. The minimum Gasteiger partial charge on any atom is -0.396 e. The van der Waals surface area contributed by atoms with Gasteiger partial charge in [-0.2, -0.15) is 5.10 Å². The van der Waals surface area contributed by atoms with Crippen molar-refractivity contribution < 1.29 is 5.11 Å². The lowest BCUT2D eigenvalue weighted by Gasteiger charge is -2.30. The molecule has 3 heterocycles. The average Bonchev–Trinajstić information content (AvgIpc) is 2.89. The second-order valence-electron chi connectivity index (χ2n) is 5.81. The van der Waals surface area contributed by atoms with E-state index in [9.17, 15) is 5.11 Å². The standard InChI is InChI=1S/C16H22N4O/c1-19-10-15(11-20-8-4-13(12-21)5-9-20)16(18-19)14-2-6-17-7-3-14/h2-3,6-7,10,13,21H,4-5,8-9,11-12H2,1H3. The molecule has 0 aromatic carbocycles. The van der Waals surface area contributed by atoms with Crippen molar-refractivity contribution in [2.75, 3.05) is 19.7 Å². The average molecular weight is 286 g/mol. The largest absolute Gasteiger partial charge is 0.396 e. The molecule has 2 aromatic heterocycles. The predicted octanol–water partition coefficient (Wildman–Crippen LogP) is 1.69. The van der Waals surface area contributed by atoms with Gasteiger partial charge in [-0.3, -0.25) is 14.6 Å². The van der Waals surface area contributed by atoms with Gasteiger partial charge in [0, 0.05) is 49.9 Å². The molecule has 112 valence electrons. The van der Waals surface area contributed by atoms with Crippen LogP contribution < -0.4 is 0 Å². The third-order valence-electron chi connectivity index (χ3n) is 4.22. The molecule has 5 heteroatoms. The van der Waals surface area contributed by atoms with Crippen LogP contribution in [0.25, 0.3) is 11.3 Å². The molecule has 0 saturated carbocycles. The normalized spacial score (nSPS) is 17.2. The van der Waals surface area contributed by atoms with Gasteiger partial charge in [0.05, 0.1) is 5.69 Å². The maximum atomic E-state index is 9.23. The fourth-order valence-electron chi connectivity index (χ4n) is 2.97. The van der Waals surface area contributed by atoms with Crippen molar-refractivity contribution >= 4 is 0 Å². The minimum absolute atomic E-state index is 0.322.